The van der Waals surface area contributed by atoms with Crippen molar-refractivity contribution in [1.29, 1.82) is 0 Å². The molecule has 0 amide bonds. The summed E-state index contributed by atoms with van der Waals surface area (Å²) in [6.07, 6.45) is 10.6. The molecule has 60 valence electrons. The summed E-state index contributed by atoms with van der Waals surface area (Å²) in [5, 5.41) is 0. The quantitative estimate of drug-likeness (QED) is 0.578. The Hall–Kier alpha value is 0.210. The molecule has 2 aliphatic carbocycles. The summed E-state index contributed by atoms with van der Waals surface area (Å²) in [5.41, 5.74) is 3.37. The lowest BCUT2D eigenvalue weighted by molar-refractivity contribution is 0.664. The van der Waals surface area contributed by atoms with Crippen molar-refractivity contribution in [1.82, 2.24) is 0 Å². The summed E-state index contributed by atoms with van der Waals surface area (Å²) in [6, 6.07) is 0. The molecule has 0 radical (unpaired) electrons. The van der Waals surface area contributed by atoms with Gasteiger partial charge in [-0.25, -0.2) is 0 Å². The van der Waals surface area contributed by atoms with E-state index in [2.05, 4.69) is 28.7 Å². The molecule has 0 N–H and O–H groups in total. The fraction of sp³-hybridized carbons (Fsp3) is 0.600. The highest BCUT2D eigenvalue weighted by Gasteiger charge is 2.16. The zero-order chi connectivity index (χ0) is 7.68. The van der Waals surface area contributed by atoms with E-state index in [4.69, 9.17) is 0 Å². The summed E-state index contributed by atoms with van der Waals surface area (Å²) in [6.45, 7) is 0. The molecule has 2 rings (SSSR count). The Morgan fingerprint density at radius 2 is 1.91 bits per heavy atom. The number of rotatable bonds is 0. The SMILES string of the molecule is IC1=C2CCCCC2=CCC1. The molecule has 1 heteroatoms. The lowest BCUT2D eigenvalue weighted by Crippen LogP contribution is -2.03. The van der Waals surface area contributed by atoms with E-state index in [0.29, 0.717) is 0 Å². The van der Waals surface area contributed by atoms with Crippen molar-refractivity contribution in [3.63, 3.8) is 0 Å². The number of hydrogen-bond acceptors (Lipinski definition) is 0. The molecule has 0 nitrogen and oxygen atoms in total. The van der Waals surface area contributed by atoms with E-state index in [-0.39, 0.29) is 0 Å². The Balaban J connectivity index is 2.29. The predicted molar refractivity (Wildman–Crippen MR) is 56.8 cm³/mol. The van der Waals surface area contributed by atoms with E-state index in [0.717, 1.165) is 0 Å². The Morgan fingerprint density at radius 3 is 2.73 bits per heavy atom. The van der Waals surface area contributed by atoms with Crippen LogP contribution in [0.1, 0.15) is 38.5 Å². The molecule has 0 aromatic rings. The highest BCUT2D eigenvalue weighted by atomic mass is 127. The Bertz CT molecular complexity index is 223. The van der Waals surface area contributed by atoms with Crippen LogP contribution in [-0.4, -0.2) is 0 Å². The largest absolute Gasteiger partial charge is 0.0807 e. The van der Waals surface area contributed by atoms with Gasteiger partial charge in [0.25, 0.3) is 0 Å². The van der Waals surface area contributed by atoms with Gasteiger partial charge in [-0.2, -0.15) is 0 Å². The minimum atomic E-state index is 1.29. The maximum Gasteiger partial charge on any atom is -0.00563 e. The van der Waals surface area contributed by atoms with Gasteiger partial charge in [0, 0.05) is 0 Å². The molecule has 0 atom stereocenters. The third-order valence-corrected chi connectivity index (χ3v) is 3.78. The van der Waals surface area contributed by atoms with Gasteiger partial charge < -0.3 is 0 Å². The average Bonchev–Trinajstić information content (AvgIpc) is 2.06. The van der Waals surface area contributed by atoms with E-state index in [9.17, 15) is 0 Å². The van der Waals surface area contributed by atoms with E-state index < -0.39 is 0 Å². The molecule has 0 spiro atoms. The first-order valence-corrected chi connectivity index (χ1v) is 5.53. The maximum absolute atomic E-state index is 2.53. The van der Waals surface area contributed by atoms with Gasteiger partial charge in [0.15, 0.2) is 0 Å². The van der Waals surface area contributed by atoms with Crippen LogP contribution in [0.15, 0.2) is 20.8 Å². The van der Waals surface area contributed by atoms with Crippen molar-refractivity contribution in [2.45, 2.75) is 38.5 Å². The zero-order valence-electron chi connectivity index (χ0n) is 6.70. The van der Waals surface area contributed by atoms with Gasteiger partial charge in [0.1, 0.15) is 0 Å². The molecular formula is C10H13I. The molecule has 0 saturated heterocycles. The highest BCUT2D eigenvalue weighted by Crippen LogP contribution is 2.38. The van der Waals surface area contributed by atoms with Crippen LogP contribution >= 0.6 is 22.6 Å². The van der Waals surface area contributed by atoms with Gasteiger partial charge >= 0.3 is 0 Å². The summed E-state index contributed by atoms with van der Waals surface area (Å²) in [7, 11) is 0. The van der Waals surface area contributed by atoms with Crippen molar-refractivity contribution < 1.29 is 0 Å². The first kappa shape index (κ1) is 7.84. The lowest BCUT2D eigenvalue weighted by atomic mass is 9.85. The number of allylic oxidation sites excluding steroid dienone is 4. The second-order valence-electron chi connectivity index (χ2n) is 3.36. The van der Waals surface area contributed by atoms with Crippen molar-refractivity contribution in [3.8, 4) is 0 Å². The summed E-state index contributed by atoms with van der Waals surface area (Å²) >= 11 is 2.53. The molecule has 11 heavy (non-hydrogen) atoms. The van der Waals surface area contributed by atoms with Gasteiger partial charge in [-0.05, 0) is 75.8 Å². The molecule has 0 bridgehead atoms. The molecule has 0 heterocycles. The number of fused-ring (bicyclic) bond motifs is 1. The van der Waals surface area contributed by atoms with Crippen LogP contribution in [0.2, 0.25) is 0 Å². The van der Waals surface area contributed by atoms with Crippen LogP contribution in [0.3, 0.4) is 0 Å². The van der Waals surface area contributed by atoms with Gasteiger partial charge in [-0.3, -0.25) is 0 Å². The van der Waals surface area contributed by atoms with Crippen molar-refractivity contribution in [2.75, 3.05) is 0 Å². The van der Waals surface area contributed by atoms with Gasteiger partial charge in [-0.1, -0.05) is 6.08 Å². The average molecular weight is 260 g/mol. The lowest BCUT2D eigenvalue weighted by Gasteiger charge is -2.23. The molecule has 1 fully saturated rings. The molecule has 0 unspecified atom stereocenters. The van der Waals surface area contributed by atoms with Crippen molar-refractivity contribution in [2.24, 2.45) is 0 Å². The van der Waals surface area contributed by atoms with Crippen LogP contribution in [0.5, 0.6) is 0 Å². The Kier molecular flexibility index (Phi) is 2.35. The standard InChI is InChI=1S/C10H13I/c11-10-7-3-5-8-4-1-2-6-9(8)10/h5H,1-4,6-7H2. The minimum Gasteiger partial charge on any atom is -0.0807 e. The van der Waals surface area contributed by atoms with Crippen LogP contribution in [-0.2, 0) is 0 Å². The Morgan fingerprint density at radius 1 is 1.09 bits per heavy atom. The predicted octanol–water partition coefficient (Wildman–Crippen LogP) is 3.97. The zero-order valence-corrected chi connectivity index (χ0v) is 8.86. The monoisotopic (exact) mass is 260 g/mol. The smallest absolute Gasteiger partial charge is 0.00563 e. The summed E-state index contributed by atoms with van der Waals surface area (Å²) in [5.74, 6) is 0. The second-order valence-corrected chi connectivity index (χ2v) is 4.66. The van der Waals surface area contributed by atoms with E-state index in [1.807, 2.05) is 0 Å². The first-order chi connectivity index (χ1) is 5.38. The molecule has 1 saturated carbocycles. The molecule has 0 aromatic carbocycles. The summed E-state index contributed by atoms with van der Waals surface area (Å²) in [4.78, 5) is 0. The fourth-order valence-electron chi connectivity index (χ4n) is 1.99. The third kappa shape index (κ3) is 1.53. The van der Waals surface area contributed by atoms with Gasteiger partial charge in [-0.15, -0.1) is 0 Å². The van der Waals surface area contributed by atoms with E-state index in [1.54, 1.807) is 14.7 Å². The minimum absolute atomic E-state index is 1.29. The maximum atomic E-state index is 2.53. The number of halogens is 1. The molecule has 2 aliphatic rings. The van der Waals surface area contributed by atoms with Crippen LogP contribution in [0, 0.1) is 0 Å². The molecular weight excluding hydrogens is 247 g/mol. The van der Waals surface area contributed by atoms with Gasteiger partial charge in [0.05, 0.1) is 0 Å². The topological polar surface area (TPSA) is 0 Å². The molecule has 0 aromatic heterocycles. The number of hydrogen-bond donors (Lipinski definition) is 0. The van der Waals surface area contributed by atoms with Crippen molar-refractivity contribution in [3.05, 3.63) is 20.8 Å². The van der Waals surface area contributed by atoms with E-state index >= 15 is 0 Å². The van der Waals surface area contributed by atoms with Crippen molar-refractivity contribution >= 4 is 22.6 Å². The molecule has 0 aliphatic heterocycles. The first-order valence-electron chi connectivity index (χ1n) is 4.45. The highest BCUT2D eigenvalue weighted by molar-refractivity contribution is 14.1. The summed E-state index contributed by atoms with van der Waals surface area (Å²) < 4.78 is 1.64. The van der Waals surface area contributed by atoms with E-state index in [1.165, 1.54) is 38.5 Å². The fourth-order valence-corrected chi connectivity index (χ4v) is 2.92. The van der Waals surface area contributed by atoms with Crippen LogP contribution in [0.4, 0.5) is 0 Å². The van der Waals surface area contributed by atoms with Crippen LogP contribution < -0.4 is 0 Å². The van der Waals surface area contributed by atoms with Crippen LogP contribution in [0.25, 0.3) is 0 Å². The third-order valence-electron chi connectivity index (χ3n) is 2.59. The normalized spacial score (nSPS) is 24.6. The second kappa shape index (κ2) is 3.30. The Labute approximate surface area is 81.9 Å². The van der Waals surface area contributed by atoms with Gasteiger partial charge in [0.2, 0.25) is 0 Å².